The SMILES string of the molecule is COC(=O)C1=C(C)N(Cc2cccc(F)c2)C(=O)CC1c1ccccc1Cl. The van der Waals surface area contributed by atoms with Crippen LogP contribution < -0.4 is 0 Å². The number of carbonyl (C=O) groups excluding carboxylic acids is 2. The fraction of sp³-hybridized carbons (Fsp3) is 0.238. The van der Waals surface area contributed by atoms with Gasteiger partial charge in [0.05, 0.1) is 19.2 Å². The second-order valence-electron chi connectivity index (χ2n) is 6.38. The zero-order valence-electron chi connectivity index (χ0n) is 15.0. The Labute approximate surface area is 162 Å². The molecule has 0 aliphatic carbocycles. The predicted molar refractivity (Wildman–Crippen MR) is 100 cm³/mol. The van der Waals surface area contributed by atoms with E-state index in [9.17, 15) is 14.0 Å². The monoisotopic (exact) mass is 387 g/mol. The van der Waals surface area contributed by atoms with Gasteiger partial charge >= 0.3 is 5.97 Å². The summed E-state index contributed by atoms with van der Waals surface area (Å²) in [6, 6.07) is 13.2. The number of rotatable bonds is 4. The molecular formula is C21H19ClFNO3. The molecule has 3 rings (SSSR count). The highest BCUT2D eigenvalue weighted by Gasteiger charge is 2.37. The third kappa shape index (κ3) is 3.88. The summed E-state index contributed by atoms with van der Waals surface area (Å²) in [7, 11) is 1.31. The quantitative estimate of drug-likeness (QED) is 0.728. The molecule has 4 nitrogen and oxygen atoms in total. The molecule has 0 saturated heterocycles. The fourth-order valence-electron chi connectivity index (χ4n) is 3.42. The molecule has 0 N–H and O–H groups in total. The van der Waals surface area contributed by atoms with Crippen LogP contribution in [0.3, 0.4) is 0 Å². The van der Waals surface area contributed by atoms with Crippen molar-refractivity contribution in [1.29, 1.82) is 0 Å². The van der Waals surface area contributed by atoms with Crippen LogP contribution in [0.5, 0.6) is 0 Å². The smallest absolute Gasteiger partial charge is 0.336 e. The third-order valence-electron chi connectivity index (χ3n) is 4.74. The van der Waals surface area contributed by atoms with Crippen molar-refractivity contribution < 1.29 is 18.7 Å². The predicted octanol–water partition coefficient (Wildman–Crippen LogP) is 4.44. The lowest BCUT2D eigenvalue weighted by Gasteiger charge is -2.34. The summed E-state index contributed by atoms with van der Waals surface area (Å²) in [6.07, 6.45) is 0.0841. The summed E-state index contributed by atoms with van der Waals surface area (Å²) >= 11 is 6.31. The number of amides is 1. The molecule has 0 saturated carbocycles. The maximum absolute atomic E-state index is 13.5. The average molecular weight is 388 g/mol. The average Bonchev–Trinajstić information content (AvgIpc) is 2.64. The molecule has 27 heavy (non-hydrogen) atoms. The van der Waals surface area contributed by atoms with Crippen LogP contribution in [0.4, 0.5) is 4.39 Å². The molecule has 0 spiro atoms. The second kappa shape index (κ2) is 7.92. The lowest BCUT2D eigenvalue weighted by Crippen LogP contribution is -2.38. The van der Waals surface area contributed by atoms with Gasteiger partial charge in [0, 0.05) is 23.1 Å². The number of nitrogens with zero attached hydrogens (tertiary/aromatic N) is 1. The van der Waals surface area contributed by atoms with E-state index in [0.717, 1.165) is 0 Å². The summed E-state index contributed by atoms with van der Waals surface area (Å²) in [5.41, 5.74) is 2.23. The van der Waals surface area contributed by atoms with Gasteiger partial charge in [0.25, 0.3) is 0 Å². The van der Waals surface area contributed by atoms with Crippen molar-refractivity contribution >= 4 is 23.5 Å². The van der Waals surface area contributed by atoms with Crippen molar-refractivity contribution in [1.82, 2.24) is 4.90 Å². The molecule has 1 heterocycles. The highest BCUT2D eigenvalue weighted by atomic mass is 35.5. The number of hydrogen-bond acceptors (Lipinski definition) is 3. The molecule has 0 bridgehead atoms. The minimum atomic E-state index is -0.505. The molecule has 0 fully saturated rings. The Balaban J connectivity index is 2.05. The summed E-state index contributed by atoms with van der Waals surface area (Å²) in [6.45, 7) is 1.88. The lowest BCUT2D eigenvalue weighted by molar-refractivity contribution is -0.138. The first-order valence-electron chi connectivity index (χ1n) is 8.50. The van der Waals surface area contributed by atoms with Crippen molar-refractivity contribution in [3.05, 3.63) is 81.8 Å². The van der Waals surface area contributed by atoms with E-state index < -0.39 is 11.9 Å². The first-order chi connectivity index (χ1) is 12.9. The van der Waals surface area contributed by atoms with Crippen molar-refractivity contribution in [2.24, 2.45) is 0 Å². The summed E-state index contributed by atoms with van der Waals surface area (Å²) in [4.78, 5) is 26.9. The van der Waals surface area contributed by atoms with Crippen LogP contribution in [-0.2, 0) is 20.9 Å². The van der Waals surface area contributed by atoms with Crippen molar-refractivity contribution in [2.45, 2.75) is 25.8 Å². The van der Waals surface area contributed by atoms with E-state index in [2.05, 4.69) is 0 Å². The number of benzene rings is 2. The van der Waals surface area contributed by atoms with Gasteiger partial charge < -0.3 is 9.64 Å². The Bertz CT molecular complexity index is 925. The number of esters is 1. The minimum absolute atomic E-state index is 0.0841. The molecule has 1 aliphatic heterocycles. The van der Waals surface area contributed by atoms with Crippen molar-refractivity contribution in [2.75, 3.05) is 7.11 Å². The standard InChI is InChI=1S/C21H19ClFNO3/c1-13-20(21(26)27-2)17(16-8-3-4-9-18(16)22)11-19(25)24(13)12-14-6-5-7-15(23)10-14/h3-10,17H,11-12H2,1-2H3. The zero-order chi connectivity index (χ0) is 19.6. The van der Waals surface area contributed by atoms with Gasteiger partial charge in [-0.2, -0.15) is 0 Å². The van der Waals surface area contributed by atoms with Gasteiger partial charge in [0.2, 0.25) is 5.91 Å². The first-order valence-corrected chi connectivity index (χ1v) is 8.88. The lowest BCUT2D eigenvalue weighted by atomic mass is 9.83. The Morgan fingerprint density at radius 2 is 2.00 bits per heavy atom. The molecule has 140 valence electrons. The molecule has 2 aromatic rings. The van der Waals surface area contributed by atoms with Crippen LogP contribution in [0, 0.1) is 5.82 Å². The van der Waals surface area contributed by atoms with Crippen molar-refractivity contribution in [3.8, 4) is 0 Å². The van der Waals surface area contributed by atoms with Crippen LogP contribution in [0.1, 0.15) is 30.4 Å². The molecule has 0 aromatic heterocycles. The second-order valence-corrected chi connectivity index (χ2v) is 6.79. The normalized spacial score (nSPS) is 17.3. The van der Waals surface area contributed by atoms with Gasteiger partial charge in [0.1, 0.15) is 5.82 Å². The van der Waals surface area contributed by atoms with Gasteiger partial charge in [-0.05, 0) is 36.2 Å². The van der Waals surface area contributed by atoms with E-state index in [1.807, 2.05) is 6.07 Å². The molecule has 0 radical (unpaired) electrons. The van der Waals surface area contributed by atoms with Crippen LogP contribution >= 0.6 is 11.6 Å². The van der Waals surface area contributed by atoms with Gasteiger partial charge in [-0.25, -0.2) is 9.18 Å². The van der Waals surface area contributed by atoms with E-state index in [1.54, 1.807) is 37.3 Å². The van der Waals surface area contributed by atoms with Gasteiger partial charge in [-0.15, -0.1) is 0 Å². The van der Waals surface area contributed by atoms with E-state index >= 15 is 0 Å². The fourth-order valence-corrected chi connectivity index (χ4v) is 3.69. The first kappa shape index (κ1) is 19.1. The number of hydrogen-bond donors (Lipinski definition) is 0. The van der Waals surface area contributed by atoms with E-state index in [1.165, 1.54) is 24.1 Å². The van der Waals surface area contributed by atoms with Crippen LogP contribution in [-0.4, -0.2) is 23.9 Å². The molecule has 6 heteroatoms. The number of halogens is 2. The number of methoxy groups -OCH3 is 1. The number of allylic oxidation sites excluding steroid dienone is 1. The summed E-state index contributed by atoms with van der Waals surface area (Å²) < 4.78 is 18.5. The van der Waals surface area contributed by atoms with Gasteiger partial charge in [-0.1, -0.05) is 41.9 Å². The van der Waals surface area contributed by atoms with E-state index in [4.69, 9.17) is 16.3 Å². The Kier molecular flexibility index (Phi) is 5.61. The van der Waals surface area contributed by atoms with Crippen LogP contribution in [0.25, 0.3) is 0 Å². The molecular weight excluding hydrogens is 369 g/mol. The Hall–Kier alpha value is -2.66. The molecule has 2 aromatic carbocycles. The molecule has 1 unspecified atom stereocenters. The molecule has 1 amide bonds. The van der Waals surface area contributed by atoms with Gasteiger partial charge in [0.15, 0.2) is 0 Å². The van der Waals surface area contributed by atoms with Crippen LogP contribution in [0.15, 0.2) is 59.8 Å². The largest absolute Gasteiger partial charge is 0.466 e. The van der Waals surface area contributed by atoms with E-state index in [0.29, 0.717) is 27.4 Å². The van der Waals surface area contributed by atoms with E-state index in [-0.39, 0.29) is 24.7 Å². The summed E-state index contributed by atoms with van der Waals surface area (Å²) in [5.74, 6) is -1.52. The van der Waals surface area contributed by atoms with Crippen LogP contribution in [0.2, 0.25) is 5.02 Å². The Morgan fingerprint density at radius 1 is 1.26 bits per heavy atom. The topological polar surface area (TPSA) is 46.6 Å². The maximum Gasteiger partial charge on any atom is 0.336 e. The zero-order valence-corrected chi connectivity index (χ0v) is 15.8. The number of carbonyl (C=O) groups is 2. The number of ether oxygens (including phenoxy) is 1. The maximum atomic E-state index is 13.5. The Morgan fingerprint density at radius 3 is 2.67 bits per heavy atom. The highest BCUT2D eigenvalue weighted by molar-refractivity contribution is 6.31. The highest BCUT2D eigenvalue weighted by Crippen LogP contribution is 2.40. The van der Waals surface area contributed by atoms with Crippen molar-refractivity contribution in [3.63, 3.8) is 0 Å². The summed E-state index contributed by atoms with van der Waals surface area (Å²) in [5, 5.41) is 0.489. The molecule has 1 aliphatic rings. The third-order valence-corrected chi connectivity index (χ3v) is 5.08. The molecule has 1 atom stereocenters. The van der Waals surface area contributed by atoms with Gasteiger partial charge in [-0.3, -0.25) is 4.79 Å². The minimum Gasteiger partial charge on any atom is -0.466 e.